The van der Waals surface area contributed by atoms with Gasteiger partial charge in [-0.05, 0) is 38.5 Å². The van der Waals surface area contributed by atoms with E-state index in [0.717, 1.165) is 38.5 Å². The zero-order valence-corrected chi connectivity index (χ0v) is 11.2. The maximum absolute atomic E-state index is 12.5. The highest BCUT2D eigenvalue weighted by molar-refractivity contribution is 5.89. The highest BCUT2D eigenvalue weighted by Gasteiger charge is 2.40. The Balaban J connectivity index is 1.89. The molecule has 3 rings (SSSR count). The first-order valence-corrected chi connectivity index (χ1v) is 7.83. The van der Waals surface area contributed by atoms with Crippen LogP contribution < -0.4 is 0 Å². The molecule has 0 spiro atoms. The summed E-state index contributed by atoms with van der Waals surface area (Å²) < 4.78 is 0. The van der Waals surface area contributed by atoms with Crippen LogP contribution >= 0.6 is 0 Å². The van der Waals surface area contributed by atoms with E-state index in [4.69, 9.17) is 0 Å². The third-order valence-electron chi connectivity index (χ3n) is 5.46. The van der Waals surface area contributed by atoms with Crippen molar-refractivity contribution in [1.29, 1.82) is 0 Å². The van der Waals surface area contributed by atoms with Crippen LogP contribution in [0.3, 0.4) is 0 Å². The molecule has 3 aliphatic rings. The van der Waals surface area contributed by atoms with E-state index in [1.165, 1.54) is 25.7 Å². The number of carbonyl (C=O) groups excluding carboxylic acids is 2. The molecule has 0 radical (unpaired) electrons. The topological polar surface area (TPSA) is 34.1 Å². The molecule has 0 aromatic heterocycles. The predicted molar refractivity (Wildman–Crippen MR) is 70.1 cm³/mol. The van der Waals surface area contributed by atoms with E-state index < -0.39 is 0 Å². The molecule has 0 aromatic carbocycles. The summed E-state index contributed by atoms with van der Waals surface area (Å²) in [6.07, 6.45) is 10.7. The summed E-state index contributed by atoms with van der Waals surface area (Å²) in [4.78, 5) is 25.1. The zero-order valence-electron chi connectivity index (χ0n) is 11.2. The van der Waals surface area contributed by atoms with Gasteiger partial charge in [0, 0.05) is 23.7 Å². The third-order valence-corrected chi connectivity index (χ3v) is 5.46. The molecule has 4 atom stereocenters. The van der Waals surface area contributed by atoms with Crippen LogP contribution in [-0.4, -0.2) is 11.6 Å². The molecule has 3 aliphatic carbocycles. The Bertz CT molecular complexity index is 285. The van der Waals surface area contributed by atoms with E-state index in [1.807, 2.05) is 0 Å². The van der Waals surface area contributed by atoms with Crippen molar-refractivity contribution in [2.45, 2.75) is 64.2 Å². The van der Waals surface area contributed by atoms with Crippen molar-refractivity contribution in [3.05, 3.63) is 0 Å². The summed E-state index contributed by atoms with van der Waals surface area (Å²) in [5.74, 6) is 1.88. The zero-order chi connectivity index (χ0) is 12.5. The third kappa shape index (κ3) is 2.26. The van der Waals surface area contributed by atoms with Crippen LogP contribution in [0, 0.1) is 23.7 Å². The van der Waals surface area contributed by atoms with Crippen LogP contribution in [0.1, 0.15) is 64.2 Å². The van der Waals surface area contributed by atoms with Gasteiger partial charge in [-0.2, -0.15) is 0 Å². The van der Waals surface area contributed by atoms with Crippen LogP contribution in [0.25, 0.3) is 0 Å². The van der Waals surface area contributed by atoms with Crippen LogP contribution in [0.2, 0.25) is 0 Å². The van der Waals surface area contributed by atoms with Gasteiger partial charge >= 0.3 is 0 Å². The number of hydrogen-bond acceptors (Lipinski definition) is 2. The summed E-state index contributed by atoms with van der Waals surface area (Å²) in [6.45, 7) is 0. The van der Waals surface area contributed by atoms with Crippen LogP contribution in [0.4, 0.5) is 0 Å². The van der Waals surface area contributed by atoms with E-state index in [2.05, 4.69) is 0 Å². The Hall–Kier alpha value is -0.660. The Labute approximate surface area is 110 Å². The molecule has 0 saturated heterocycles. The second kappa shape index (κ2) is 5.14. The Kier molecular flexibility index (Phi) is 3.54. The first kappa shape index (κ1) is 12.4. The van der Waals surface area contributed by atoms with Gasteiger partial charge in [0.15, 0.2) is 0 Å². The van der Waals surface area contributed by atoms with Crippen LogP contribution in [0.5, 0.6) is 0 Å². The molecule has 3 fully saturated rings. The molecule has 4 bridgehead atoms. The predicted octanol–water partition coefficient (Wildman–Crippen LogP) is 3.53. The fraction of sp³-hybridized carbons (Fsp3) is 0.875. The standard InChI is InChI=1S/C16H24O2/c17-15-11-5-1-2-6-12(15)10-14-8-4-3-7-13(9-11)16(14)18/h11-14H,1-10H2. The minimum atomic E-state index is 0.213. The van der Waals surface area contributed by atoms with Gasteiger partial charge in [0.05, 0.1) is 0 Å². The van der Waals surface area contributed by atoms with E-state index >= 15 is 0 Å². The largest absolute Gasteiger partial charge is 0.299 e. The van der Waals surface area contributed by atoms with Crippen molar-refractivity contribution in [1.82, 2.24) is 0 Å². The second-order valence-electron chi connectivity index (χ2n) is 6.63. The number of hydrogen-bond donors (Lipinski definition) is 0. The SMILES string of the molecule is O=C1C2CCCCC1CC1CCCCC(C2)C1=O. The summed E-state index contributed by atoms with van der Waals surface area (Å²) in [7, 11) is 0. The fourth-order valence-electron chi connectivity index (χ4n) is 4.42. The number of ketones is 2. The molecule has 0 amide bonds. The minimum Gasteiger partial charge on any atom is -0.299 e. The lowest BCUT2D eigenvalue weighted by molar-refractivity contribution is -0.134. The number of rotatable bonds is 0. The minimum absolute atomic E-state index is 0.213. The van der Waals surface area contributed by atoms with Crippen molar-refractivity contribution >= 4 is 11.6 Å². The van der Waals surface area contributed by atoms with Crippen molar-refractivity contribution < 1.29 is 9.59 Å². The molecular weight excluding hydrogens is 224 g/mol. The quantitative estimate of drug-likeness (QED) is 0.657. The summed E-state index contributed by atoms with van der Waals surface area (Å²) >= 11 is 0. The van der Waals surface area contributed by atoms with Gasteiger partial charge in [-0.15, -0.1) is 0 Å². The Morgan fingerprint density at radius 2 is 0.833 bits per heavy atom. The normalized spacial score (nSPS) is 41.6. The number of fused-ring (bicyclic) bond motifs is 4. The van der Waals surface area contributed by atoms with Crippen molar-refractivity contribution in [2.24, 2.45) is 23.7 Å². The average Bonchev–Trinajstić information content (AvgIpc) is 2.66. The van der Waals surface area contributed by atoms with Crippen molar-refractivity contribution in [2.75, 3.05) is 0 Å². The highest BCUT2D eigenvalue weighted by atomic mass is 16.1. The number of carbonyl (C=O) groups is 2. The molecule has 4 unspecified atom stereocenters. The van der Waals surface area contributed by atoms with E-state index in [1.54, 1.807) is 0 Å². The Morgan fingerprint density at radius 3 is 1.11 bits per heavy atom. The molecule has 18 heavy (non-hydrogen) atoms. The molecule has 100 valence electrons. The molecule has 0 N–H and O–H groups in total. The molecule has 2 nitrogen and oxygen atoms in total. The lowest BCUT2D eigenvalue weighted by Crippen LogP contribution is -2.34. The first-order valence-electron chi connectivity index (χ1n) is 7.83. The molecule has 2 heteroatoms. The van der Waals surface area contributed by atoms with Gasteiger partial charge in [0.2, 0.25) is 0 Å². The average molecular weight is 248 g/mol. The fourth-order valence-corrected chi connectivity index (χ4v) is 4.42. The van der Waals surface area contributed by atoms with Gasteiger partial charge in [0.1, 0.15) is 11.6 Å². The lowest BCUT2D eigenvalue weighted by Gasteiger charge is -2.29. The van der Waals surface area contributed by atoms with E-state index in [-0.39, 0.29) is 23.7 Å². The van der Waals surface area contributed by atoms with E-state index in [9.17, 15) is 9.59 Å². The lowest BCUT2D eigenvalue weighted by atomic mass is 9.73. The monoisotopic (exact) mass is 248 g/mol. The second-order valence-corrected chi connectivity index (χ2v) is 6.63. The van der Waals surface area contributed by atoms with Crippen molar-refractivity contribution in [3.8, 4) is 0 Å². The summed E-state index contributed by atoms with van der Waals surface area (Å²) in [5, 5.41) is 0. The van der Waals surface area contributed by atoms with E-state index in [0.29, 0.717) is 11.6 Å². The van der Waals surface area contributed by atoms with Gasteiger partial charge in [0.25, 0.3) is 0 Å². The van der Waals surface area contributed by atoms with Gasteiger partial charge in [-0.3, -0.25) is 9.59 Å². The maximum atomic E-state index is 12.5. The molecular formula is C16H24O2. The first-order chi connectivity index (χ1) is 8.75. The maximum Gasteiger partial charge on any atom is 0.139 e. The van der Waals surface area contributed by atoms with Gasteiger partial charge < -0.3 is 0 Å². The molecule has 0 heterocycles. The highest BCUT2D eigenvalue weighted by Crippen LogP contribution is 2.40. The van der Waals surface area contributed by atoms with Crippen LogP contribution in [0.15, 0.2) is 0 Å². The van der Waals surface area contributed by atoms with Gasteiger partial charge in [-0.1, -0.05) is 25.7 Å². The summed E-state index contributed by atoms with van der Waals surface area (Å²) in [6, 6.07) is 0. The van der Waals surface area contributed by atoms with Crippen LogP contribution in [-0.2, 0) is 9.59 Å². The molecule has 0 aromatic rings. The van der Waals surface area contributed by atoms with Gasteiger partial charge in [-0.25, -0.2) is 0 Å². The molecule has 0 aliphatic heterocycles. The van der Waals surface area contributed by atoms with Crippen molar-refractivity contribution in [3.63, 3.8) is 0 Å². The summed E-state index contributed by atoms with van der Waals surface area (Å²) in [5.41, 5.74) is 0. The smallest absolute Gasteiger partial charge is 0.139 e. The molecule has 3 saturated carbocycles. The Morgan fingerprint density at radius 1 is 0.556 bits per heavy atom. The number of Topliss-reactive ketones (excluding diaryl/α,β-unsaturated/α-hetero) is 2.